The first-order chi connectivity index (χ1) is 12.0. The van der Waals surface area contributed by atoms with Crippen molar-refractivity contribution in [3.63, 3.8) is 0 Å². The van der Waals surface area contributed by atoms with Crippen molar-refractivity contribution in [3.05, 3.63) is 66.0 Å². The summed E-state index contributed by atoms with van der Waals surface area (Å²) in [5.41, 5.74) is 1.01. The van der Waals surface area contributed by atoms with E-state index in [1.54, 1.807) is 49.5 Å². The number of hydrogen-bond acceptors (Lipinski definition) is 3. The van der Waals surface area contributed by atoms with E-state index < -0.39 is 9.84 Å². The van der Waals surface area contributed by atoms with Gasteiger partial charge in [0.05, 0.1) is 10.6 Å². The maximum absolute atomic E-state index is 12.9. The Morgan fingerprint density at radius 1 is 1.00 bits per heavy atom. The molecule has 26 heavy (non-hydrogen) atoms. The van der Waals surface area contributed by atoms with Gasteiger partial charge in [-0.25, -0.2) is 12.8 Å². The lowest BCUT2D eigenvalue weighted by molar-refractivity contribution is 0.594. The van der Waals surface area contributed by atoms with Gasteiger partial charge in [0.25, 0.3) is 0 Å². The molecule has 8 heteroatoms. The van der Waals surface area contributed by atoms with E-state index in [0.717, 1.165) is 5.56 Å². The van der Waals surface area contributed by atoms with Crippen molar-refractivity contribution >= 4 is 39.8 Å². The summed E-state index contributed by atoms with van der Waals surface area (Å²) in [6.07, 6.45) is 0.712. The van der Waals surface area contributed by atoms with E-state index in [2.05, 4.69) is 15.6 Å². The summed E-state index contributed by atoms with van der Waals surface area (Å²) in [4.78, 5) is 4.38. The Morgan fingerprint density at radius 2 is 1.62 bits per heavy atom. The molecule has 0 spiro atoms. The lowest BCUT2D eigenvalue weighted by Crippen LogP contribution is -2.40. The molecular weight excluding hydrogens is 468 g/mol. The third-order valence-corrected chi connectivity index (χ3v) is 5.34. The number of sulfone groups is 1. The van der Waals surface area contributed by atoms with Crippen molar-refractivity contribution in [3.8, 4) is 0 Å². The van der Waals surface area contributed by atoms with Gasteiger partial charge >= 0.3 is 0 Å². The number of hydrogen-bond donors (Lipinski definition) is 2. The van der Waals surface area contributed by atoms with Crippen LogP contribution in [0.15, 0.2) is 64.5 Å². The largest absolute Gasteiger partial charge is 0.356 e. The highest BCUT2D eigenvalue weighted by atomic mass is 127. The van der Waals surface area contributed by atoms with Gasteiger partial charge in [0, 0.05) is 20.1 Å². The van der Waals surface area contributed by atoms with Crippen LogP contribution < -0.4 is 10.6 Å². The molecule has 0 aliphatic carbocycles. The SMILES string of the molecule is CN=C(NCCc1ccc(F)cc1)NCCS(=O)(=O)c1ccccc1.I. The summed E-state index contributed by atoms with van der Waals surface area (Å²) in [5.74, 6) is 0.259. The first-order valence-electron chi connectivity index (χ1n) is 7.98. The van der Waals surface area contributed by atoms with Crippen LogP contribution in [0.25, 0.3) is 0 Å². The maximum atomic E-state index is 12.9. The van der Waals surface area contributed by atoms with E-state index in [0.29, 0.717) is 23.8 Å². The molecule has 0 fully saturated rings. The highest BCUT2D eigenvalue weighted by Gasteiger charge is 2.13. The highest BCUT2D eigenvalue weighted by Crippen LogP contribution is 2.09. The molecule has 0 aliphatic rings. The van der Waals surface area contributed by atoms with Crippen molar-refractivity contribution in [2.24, 2.45) is 4.99 Å². The molecule has 0 amide bonds. The zero-order valence-electron chi connectivity index (χ0n) is 14.5. The van der Waals surface area contributed by atoms with Crippen LogP contribution >= 0.6 is 24.0 Å². The van der Waals surface area contributed by atoms with Crippen LogP contribution in [0.3, 0.4) is 0 Å². The molecule has 0 saturated carbocycles. The van der Waals surface area contributed by atoms with Crippen LogP contribution in [-0.4, -0.2) is 40.3 Å². The molecule has 0 radical (unpaired) electrons. The van der Waals surface area contributed by atoms with Crippen molar-refractivity contribution < 1.29 is 12.8 Å². The summed E-state index contributed by atoms with van der Waals surface area (Å²) >= 11 is 0. The second-order valence-corrected chi connectivity index (χ2v) is 7.54. The fourth-order valence-electron chi connectivity index (χ4n) is 2.25. The second kappa shape index (κ2) is 11.1. The number of guanidine groups is 1. The first-order valence-corrected chi connectivity index (χ1v) is 9.63. The third-order valence-electron chi connectivity index (χ3n) is 3.61. The molecule has 0 aromatic heterocycles. The summed E-state index contributed by atoms with van der Waals surface area (Å²) in [7, 11) is -1.69. The van der Waals surface area contributed by atoms with Gasteiger partial charge in [-0.1, -0.05) is 30.3 Å². The molecule has 0 aliphatic heterocycles. The molecule has 5 nitrogen and oxygen atoms in total. The van der Waals surface area contributed by atoms with Gasteiger partial charge < -0.3 is 10.6 Å². The van der Waals surface area contributed by atoms with Crippen LogP contribution in [0.4, 0.5) is 4.39 Å². The average Bonchev–Trinajstić information content (AvgIpc) is 2.62. The zero-order chi connectivity index (χ0) is 18.1. The van der Waals surface area contributed by atoms with E-state index in [1.165, 1.54) is 12.1 Å². The lowest BCUT2D eigenvalue weighted by Gasteiger charge is -2.12. The van der Waals surface area contributed by atoms with Gasteiger partial charge in [-0.2, -0.15) is 0 Å². The molecule has 0 heterocycles. The number of nitrogens with zero attached hydrogens (tertiary/aromatic N) is 1. The minimum Gasteiger partial charge on any atom is -0.356 e. The molecule has 2 aromatic carbocycles. The zero-order valence-corrected chi connectivity index (χ0v) is 17.6. The van der Waals surface area contributed by atoms with Gasteiger partial charge in [-0.05, 0) is 36.2 Å². The topological polar surface area (TPSA) is 70.6 Å². The smallest absolute Gasteiger partial charge is 0.191 e. The molecule has 2 aromatic rings. The number of rotatable bonds is 7. The van der Waals surface area contributed by atoms with Crippen molar-refractivity contribution in [2.45, 2.75) is 11.3 Å². The molecule has 0 saturated heterocycles. The monoisotopic (exact) mass is 491 g/mol. The molecule has 0 bridgehead atoms. The first kappa shape index (κ1) is 22.4. The average molecular weight is 491 g/mol. The van der Waals surface area contributed by atoms with Crippen LogP contribution in [0.5, 0.6) is 0 Å². The van der Waals surface area contributed by atoms with E-state index in [4.69, 9.17) is 0 Å². The van der Waals surface area contributed by atoms with Gasteiger partial charge in [0.15, 0.2) is 15.8 Å². The molecule has 0 atom stereocenters. The Balaban J connectivity index is 0.00000338. The fraction of sp³-hybridized carbons (Fsp3) is 0.278. The van der Waals surface area contributed by atoms with Crippen molar-refractivity contribution in [1.82, 2.24) is 10.6 Å². The van der Waals surface area contributed by atoms with E-state index in [1.807, 2.05) is 0 Å². The number of aliphatic imine (C=N–C) groups is 1. The van der Waals surface area contributed by atoms with E-state index in [9.17, 15) is 12.8 Å². The van der Waals surface area contributed by atoms with E-state index >= 15 is 0 Å². The second-order valence-electron chi connectivity index (χ2n) is 5.43. The molecule has 2 rings (SSSR count). The predicted octanol–water partition coefficient (Wildman–Crippen LogP) is 2.63. The summed E-state index contributed by atoms with van der Waals surface area (Å²) in [6.45, 7) is 0.865. The number of halogens is 2. The molecule has 2 N–H and O–H groups in total. The maximum Gasteiger partial charge on any atom is 0.191 e. The quantitative estimate of drug-likeness (QED) is 0.355. The Kier molecular flexibility index (Phi) is 9.57. The van der Waals surface area contributed by atoms with Crippen LogP contribution in [0, 0.1) is 5.82 Å². The minimum absolute atomic E-state index is 0. The Morgan fingerprint density at radius 3 is 2.23 bits per heavy atom. The Labute approximate surface area is 171 Å². The Bertz CT molecular complexity index is 797. The summed E-state index contributed by atoms with van der Waals surface area (Å²) in [5, 5.41) is 6.10. The van der Waals surface area contributed by atoms with Gasteiger partial charge in [0.2, 0.25) is 0 Å². The standard InChI is InChI=1S/C18H22FN3O2S.HI/c1-20-18(21-12-11-15-7-9-16(19)10-8-15)22-13-14-25(23,24)17-5-3-2-4-6-17;/h2-10H,11-14H2,1H3,(H2,20,21,22);1H. The van der Waals surface area contributed by atoms with Crippen molar-refractivity contribution in [2.75, 3.05) is 25.9 Å². The lowest BCUT2D eigenvalue weighted by atomic mass is 10.1. The highest BCUT2D eigenvalue weighted by molar-refractivity contribution is 14.0. The van der Waals surface area contributed by atoms with Gasteiger partial charge in [-0.15, -0.1) is 24.0 Å². The molecular formula is C18H23FIN3O2S. The fourth-order valence-corrected chi connectivity index (χ4v) is 3.42. The van der Waals surface area contributed by atoms with Crippen LogP contribution in [-0.2, 0) is 16.3 Å². The molecule has 142 valence electrons. The van der Waals surface area contributed by atoms with Crippen LogP contribution in [0.2, 0.25) is 0 Å². The van der Waals surface area contributed by atoms with Gasteiger partial charge in [-0.3, -0.25) is 4.99 Å². The van der Waals surface area contributed by atoms with Gasteiger partial charge in [0.1, 0.15) is 5.82 Å². The normalized spacial score (nSPS) is 11.5. The Hall–Kier alpha value is -1.68. The minimum atomic E-state index is -3.31. The number of nitrogens with one attached hydrogen (secondary N) is 2. The molecule has 0 unspecified atom stereocenters. The third kappa shape index (κ3) is 7.28. The number of benzene rings is 2. The predicted molar refractivity (Wildman–Crippen MR) is 113 cm³/mol. The summed E-state index contributed by atoms with van der Waals surface area (Å²) < 4.78 is 37.3. The van der Waals surface area contributed by atoms with Crippen LogP contribution in [0.1, 0.15) is 5.56 Å². The summed E-state index contributed by atoms with van der Waals surface area (Å²) in [6, 6.07) is 14.7. The van der Waals surface area contributed by atoms with Crippen molar-refractivity contribution in [1.29, 1.82) is 0 Å². The van der Waals surface area contributed by atoms with E-state index in [-0.39, 0.29) is 42.1 Å².